The predicted molar refractivity (Wildman–Crippen MR) is 97.0 cm³/mol. The smallest absolute Gasteiger partial charge is 0.220 e. The number of nitrogens with one attached hydrogen (secondary N) is 2. The molecule has 1 saturated carbocycles. The summed E-state index contributed by atoms with van der Waals surface area (Å²) in [5.74, 6) is 2.04. The highest BCUT2D eigenvalue weighted by atomic mass is 35.5. The van der Waals surface area contributed by atoms with Gasteiger partial charge in [-0.25, -0.2) is 0 Å². The van der Waals surface area contributed by atoms with Crippen LogP contribution in [0.15, 0.2) is 0 Å². The Hall–Kier alpha value is -0.320. The molecule has 0 radical (unpaired) electrons. The van der Waals surface area contributed by atoms with Crippen LogP contribution in [-0.4, -0.2) is 38.3 Å². The van der Waals surface area contributed by atoms with Gasteiger partial charge in [-0.2, -0.15) is 0 Å². The Bertz CT molecular complexity index is 335. The fraction of sp³-hybridized carbons (Fsp3) is 0.944. The molecule has 3 atom stereocenters. The van der Waals surface area contributed by atoms with E-state index in [1.165, 1.54) is 38.5 Å². The number of hydrogen-bond donors (Lipinski definition) is 2. The summed E-state index contributed by atoms with van der Waals surface area (Å²) in [4.78, 5) is 12.0. The Balaban J connectivity index is 0.00000264. The largest absolute Gasteiger partial charge is 0.376 e. The Labute approximate surface area is 147 Å². The molecule has 136 valence electrons. The van der Waals surface area contributed by atoms with Crippen LogP contribution in [0.2, 0.25) is 0 Å². The van der Waals surface area contributed by atoms with Gasteiger partial charge in [0.1, 0.15) is 0 Å². The molecule has 5 heteroatoms. The van der Waals surface area contributed by atoms with Crippen LogP contribution in [-0.2, 0) is 9.53 Å². The van der Waals surface area contributed by atoms with Gasteiger partial charge in [-0.3, -0.25) is 4.79 Å². The summed E-state index contributed by atoms with van der Waals surface area (Å²) < 4.78 is 5.94. The first kappa shape index (κ1) is 20.7. The number of piperidine rings is 1. The van der Waals surface area contributed by atoms with Gasteiger partial charge in [0.15, 0.2) is 0 Å². The molecule has 0 aromatic rings. The maximum atomic E-state index is 12.0. The number of rotatable bonds is 7. The molecule has 0 aromatic carbocycles. The van der Waals surface area contributed by atoms with Crippen LogP contribution in [0.1, 0.15) is 58.8 Å². The summed E-state index contributed by atoms with van der Waals surface area (Å²) in [5, 5.41) is 6.41. The third-order valence-electron chi connectivity index (χ3n) is 5.48. The molecule has 3 unspecified atom stereocenters. The molecule has 2 aliphatic rings. The minimum Gasteiger partial charge on any atom is -0.376 e. The van der Waals surface area contributed by atoms with Crippen molar-refractivity contribution in [2.75, 3.05) is 26.2 Å². The number of hydrogen-bond acceptors (Lipinski definition) is 3. The van der Waals surface area contributed by atoms with E-state index in [1.807, 2.05) is 0 Å². The Morgan fingerprint density at radius 1 is 1.22 bits per heavy atom. The van der Waals surface area contributed by atoms with Gasteiger partial charge in [-0.15, -0.1) is 12.4 Å². The number of halogens is 1. The van der Waals surface area contributed by atoms with Crippen LogP contribution in [0.25, 0.3) is 0 Å². The Kier molecular flexibility index (Phi) is 10.2. The van der Waals surface area contributed by atoms with Crippen LogP contribution in [0.4, 0.5) is 0 Å². The molecule has 2 rings (SSSR count). The number of carbonyl (C=O) groups excluding carboxylic acids is 1. The lowest BCUT2D eigenvalue weighted by molar-refractivity contribution is -0.122. The fourth-order valence-electron chi connectivity index (χ4n) is 3.88. The quantitative estimate of drug-likeness (QED) is 0.696. The highest BCUT2D eigenvalue weighted by molar-refractivity contribution is 5.85. The topological polar surface area (TPSA) is 50.4 Å². The molecule has 1 amide bonds. The summed E-state index contributed by atoms with van der Waals surface area (Å²) in [6, 6.07) is 0. The summed E-state index contributed by atoms with van der Waals surface area (Å²) in [6.45, 7) is 8.01. The lowest BCUT2D eigenvalue weighted by atomic mass is 9.84. The van der Waals surface area contributed by atoms with Crippen molar-refractivity contribution in [3.8, 4) is 0 Å². The minimum atomic E-state index is 0. The molecule has 4 nitrogen and oxygen atoms in total. The van der Waals surface area contributed by atoms with Crippen molar-refractivity contribution in [3.05, 3.63) is 0 Å². The van der Waals surface area contributed by atoms with E-state index in [2.05, 4.69) is 24.5 Å². The maximum absolute atomic E-state index is 12.0. The Morgan fingerprint density at radius 2 is 1.91 bits per heavy atom. The molecule has 1 saturated heterocycles. The molecule has 23 heavy (non-hydrogen) atoms. The van der Waals surface area contributed by atoms with Crippen molar-refractivity contribution < 1.29 is 9.53 Å². The van der Waals surface area contributed by atoms with Gasteiger partial charge in [-0.1, -0.05) is 26.7 Å². The molecular formula is C18H35ClN2O2. The van der Waals surface area contributed by atoms with E-state index in [1.54, 1.807) is 0 Å². The zero-order valence-corrected chi connectivity index (χ0v) is 15.6. The van der Waals surface area contributed by atoms with Crippen LogP contribution in [0, 0.1) is 17.8 Å². The molecule has 0 bridgehead atoms. The highest BCUT2D eigenvalue weighted by Crippen LogP contribution is 2.26. The van der Waals surface area contributed by atoms with Gasteiger partial charge in [0.25, 0.3) is 0 Å². The lowest BCUT2D eigenvalue weighted by Crippen LogP contribution is -2.35. The van der Waals surface area contributed by atoms with Gasteiger partial charge in [0.05, 0.1) is 12.7 Å². The first-order valence-electron chi connectivity index (χ1n) is 9.26. The highest BCUT2D eigenvalue weighted by Gasteiger charge is 2.23. The number of ether oxygens (including phenoxy) is 1. The fourth-order valence-corrected chi connectivity index (χ4v) is 3.88. The van der Waals surface area contributed by atoms with Crippen molar-refractivity contribution in [3.63, 3.8) is 0 Å². The van der Waals surface area contributed by atoms with Gasteiger partial charge < -0.3 is 15.4 Å². The second-order valence-electron chi connectivity index (χ2n) is 7.29. The molecule has 2 fully saturated rings. The summed E-state index contributed by atoms with van der Waals surface area (Å²) in [6.07, 6.45) is 8.56. The molecule has 0 aromatic heterocycles. The van der Waals surface area contributed by atoms with Crippen molar-refractivity contribution >= 4 is 18.3 Å². The van der Waals surface area contributed by atoms with Crippen molar-refractivity contribution in [1.82, 2.24) is 10.6 Å². The van der Waals surface area contributed by atoms with Crippen molar-refractivity contribution in [2.45, 2.75) is 64.9 Å². The van der Waals surface area contributed by atoms with Gasteiger partial charge >= 0.3 is 0 Å². The van der Waals surface area contributed by atoms with E-state index < -0.39 is 0 Å². The van der Waals surface area contributed by atoms with E-state index in [0.717, 1.165) is 13.1 Å². The predicted octanol–water partition coefficient (Wildman–Crippen LogP) is 3.15. The summed E-state index contributed by atoms with van der Waals surface area (Å²) in [7, 11) is 0. The first-order valence-corrected chi connectivity index (χ1v) is 9.26. The van der Waals surface area contributed by atoms with Crippen LogP contribution < -0.4 is 10.6 Å². The first-order chi connectivity index (χ1) is 10.7. The van der Waals surface area contributed by atoms with Gasteiger partial charge in [0.2, 0.25) is 5.91 Å². The van der Waals surface area contributed by atoms with E-state index in [-0.39, 0.29) is 18.3 Å². The normalized spacial score (nSPS) is 27.0. The zero-order valence-electron chi connectivity index (χ0n) is 14.8. The van der Waals surface area contributed by atoms with Crippen LogP contribution in [0.3, 0.4) is 0 Å². The minimum absolute atomic E-state index is 0. The average molecular weight is 347 g/mol. The lowest BCUT2D eigenvalue weighted by Gasteiger charge is -2.29. The zero-order chi connectivity index (χ0) is 15.8. The number of amides is 1. The summed E-state index contributed by atoms with van der Waals surface area (Å²) >= 11 is 0. The van der Waals surface area contributed by atoms with Crippen molar-refractivity contribution in [2.24, 2.45) is 17.8 Å². The molecule has 2 N–H and O–H groups in total. The third-order valence-corrected chi connectivity index (χ3v) is 5.48. The second kappa shape index (κ2) is 11.3. The average Bonchev–Trinajstić information content (AvgIpc) is 2.54. The SMILES string of the molecule is CC(CC(=O)NCCOC1CCCCC1C)C1CCNCC1.Cl. The van der Waals surface area contributed by atoms with E-state index in [4.69, 9.17) is 4.74 Å². The standard InChI is InChI=1S/C18H34N2O2.ClH/c1-14-5-3-4-6-17(14)22-12-11-20-18(21)13-15(2)16-7-9-19-10-8-16;/h14-17,19H,3-13H2,1-2H3,(H,20,21);1H. The molecule has 0 spiro atoms. The van der Waals surface area contributed by atoms with Crippen LogP contribution >= 0.6 is 12.4 Å². The molecule has 1 heterocycles. The number of carbonyl (C=O) groups is 1. The third kappa shape index (κ3) is 7.40. The maximum Gasteiger partial charge on any atom is 0.220 e. The van der Waals surface area contributed by atoms with Gasteiger partial charge in [0, 0.05) is 13.0 Å². The van der Waals surface area contributed by atoms with E-state index in [9.17, 15) is 4.79 Å². The van der Waals surface area contributed by atoms with Gasteiger partial charge in [-0.05, 0) is 56.5 Å². The van der Waals surface area contributed by atoms with E-state index >= 15 is 0 Å². The van der Waals surface area contributed by atoms with Crippen LogP contribution in [0.5, 0.6) is 0 Å². The second-order valence-corrected chi connectivity index (χ2v) is 7.29. The molecule has 1 aliphatic heterocycles. The van der Waals surface area contributed by atoms with Crippen molar-refractivity contribution in [1.29, 1.82) is 0 Å². The monoisotopic (exact) mass is 346 g/mol. The molecule has 1 aliphatic carbocycles. The Morgan fingerprint density at radius 3 is 2.61 bits per heavy atom. The summed E-state index contributed by atoms with van der Waals surface area (Å²) in [5.41, 5.74) is 0. The molecular weight excluding hydrogens is 312 g/mol. The van der Waals surface area contributed by atoms with E-state index in [0.29, 0.717) is 43.4 Å².